The monoisotopic (exact) mass is 525 g/mol. The molecule has 0 radical (unpaired) electrons. The normalized spacial score (nSPS) is 27.8. The van der Waals surface area contributed by atoms with E-state index in [1.165, 1.54) is 0 Å². The third-order valence-electron chi connectivity index (χ3n) is 7.83. The summed E-state index contributed by atoms with van der Waals surface area (Å²) in [6, 6.07) is 15.3. The van der Waals surface area contributed by atoms with E-state index >= 15 is 0 Å². The van der Waals surface area contributed by atoms with Crippen LogP contribution in [0, 0.1) is 11.8 Å². The van der Waals surface area contributed by atoms with E-state index in [2.05, 4.69) is 10.6 Å². The van der Waals surface area contributed by atoms with Crippen LogP contribution in [-0.2, 0) is 19.1 Å². The van der Waals surface area contributed by atoms with Crippen molar-refractivity contribution in [1.29, 1.82) is 0 Å². The number of fused-ring (bicyclic) bond motifs is 1. The summed E-state index contributed by atoms with van der Waals surface area (Å²) >= 11 is 6.30. The van der Waals surface area contributed by atoms with Gasteiger partial charge in [0.05, 0.1) is 28.6 Å². The van der Waals surface area contributed by atoms with Crippen molar-refractivity contribution in [1.82, 2.24) is 4.90 Å². The zero-order valence-electron chi connectivity index (χ0n) is 20.6. The maximum atomic E-state index is 13.9. The molecule has 3 fully saturated rings. The van der Waals surface area contributed by atoms with Crippen LogP contribution in [-0.4, -0.2) is 58.6 Å². The molecule has 2 aromatic carbocycles. The molecule has 3 amide bonds. The fraction of sp³-hybridized carbons (Fsp3) is 0.464. The number of amides is 3. The van der Waals surface area contributed by atoms with Crippen LogP contribution < -0.4 is 10.6 Å². The Balaban J connectivity index is 1.42. The van der Waals surface area contributed by atoms with Crippen molar-refractivity contribution in [3.05, 3.63) is 59.6 Å². The van der Waals surface area contributed by atoms with Crippen LogP contribution in [0.3, 0.4) is 0 Å². The largest absolute Gasteiger partial charge is 0.396 e. The van der Waals surface area contributed by atoms with E-state index < -0.39 is 29.6 Å². The van der Waals surface area contributed by atoms with Gasteiger partial charge in [-0.3, -0.25) is 14.4 Å². The summed E-state index contributed by atoms with van der Waals surface area (Å²) in [7, 11) is 0. The minimum atomic E-state index is -1.06. The summed E-state index contributed by atoms with van der Waals surface area (Å²) in [6.07, 6.45) is 3.77. The fourth-order valence-corrected chi connectivity index (χ4v) is 6.44. The number of carbonyl (C=O) groups excluding carboxylic acids is 3. The smallest absolute Gasteiger partial charge is 0.250 e. The molecule has 5 rings (SSSR count). The molecule has 5 atom stereocenters. The number of hydrogen-bond donors (Lipinski definition) is 3. The lowest BCUT2D eigenvalue weighted by molar-refractivity contribution is -0.139. The molecule has 3 aliphatic heterocycles. The molecule has 0 aliphatic carbocycles. The van der Waals surface area contributed by atoms with Gasteiger partial charge in [0.1, 0.15) is 11.6 Å². The number of ether oxygens (including phenoxy) is 1. The number of benzene rings is 2. The number of carbonyl (C=O) groups is 3. The number of unbranched alkanes of at least 4 members (excludes halogenated alkanes) is 3. The summed E-state index contributed by atoms with van der Waals surface area (Å²) in [5, 5.41) is 15.3. The molecule has 8 nitrogen and oxygen atoms in total. The maximum Gasteiger partial charge on any atom is 0.250 e. The Morgan fingerprint density at radius 2 is 1.73 bits per heavy atom. The zero-order valence-corrected chi connectivity index (χ0v) is 21.3. The second kappa shape index (κ2) is 10.8. The standard InChI is InChI=1S/C28H32ClN3O5/c29-19-12-6-7-13-20(19)31-26(35)24-28-15-14-21(37-28)22(25(34)30-18-10-4-3-5-11-18)23(28)27(36)32(24)16-8-1-2-9-17-33/h3-7,10-13,21-24,33H,1-2,8-9,14-17H2,(H,30,34)(H,31,35)/t21-,22+,23+,24?,28?/m1/s1. The molecule has 2 aromatic rings. The summed E-state index contributed by atoms with van der Waals surface area (Å²) < 4.78 is 6.45. The summed E-state index contributed by atoms with van der Waals surface area (Å²) in [6.45, 7) is 0.508. The highest BCUT2D eigenvalue weighted by atomic mass is 35.5. The number of aliphatic hydroxyl groups is 1. The minimum absolute atomic E-state index is 0.129. The molecule has 2 unspecified atom stereocenters. The van der Waals surface area contributed by atoms with Crippen LogP contribution >= 0.6 is 11.6 Å². The molecule has 0 saturated carbocycles. The Hall–Kier alpha value is -2.94. The quantitative estimate of drug-likeness (QED) is 0.408. The maximum absolute atomic E-state index is 13.9. The van der Waals surface area contributed by atoms with Crippen LogP contribution in [0.2, 0.25) is 5.02 Å². The highest BCUT2D eigenvalue weighted by molar-refractivity contribution is 6.33. The van der Waals surface area contributed by atoms with Crippen molar-refractivity contribution in [3.8, 4) is 0 Å². The van der Waals surface area contributed by atoms with Gasteiger partial charge < -0.3 is 25.4 Å². The Morgan fingerprint density at radius 3 is 2.49 bits per heavy atom. The summed E-state index contributed by atoms with van der Waals surface area (Å²) in [5.41, 5.74) is 0.0652. The number of nitrogens with one attached hydrogen (secondary N) is 2. The lowest BCUT2D eigenvalue weighted by Gasteiger charge is -2.33. The number of anilines is 2. The molecule has 3 heterocycles. The van der Waals surface area contributed by atoms with Gasteiger partial charge in [0, 0.05) is 18.8 Å². The summed E-state index contributed by atoms with van der Waals surface area (Å²) in [5.74, 6) is -2.22. The van der Waals surface area contributed by atoms with Crippen molar-refractivity contribution in [3.63, 3.8) is 0 Å². The van der Waals surface area contributed by atoms with Crippen molar-refractivity contribution < 1.29 is 24.2 Å². The summed E-state index contributed by atoms with van der Waals surface area (Å²) in [4.78, 5) is 42.7. The predicted octanol–water partition coefficient (Wildman–Crippen LogP) is 3.84. The highest BCUT2D eigenvalue weighted by Gasteiger charge is 2.74. The van der Waals surface area contributed by atoms with E-state index in [0.29, 0.717) is 48.6 Å². The SMILES string of the molecule is O=C(Nc1ccccc1Cl)C1N(CCCCCCO)C(=O)[C@@H]2[C@@H](C(=O)Nc3ccccc3)[C@H]3CCC12O3. The predicted molar refractivity (Wildman–Crippen MR) is 140 cm³/mol. The first-order valence-electron chi connectivity index (χ1n) is 13.0. The number of para-hydroxylation sites is 2. The van der Waals surface area contributed by atoms with Crippen LogP contribution in [0.4, 0.5) is 11.4 Å². The Kier molecular flexibility index (Phi) is 7.51. The average Bonchev–Trinajstić information content (AvgIpc) is 3.53. The van der Waals surface area contributed by atoms with E-state index in [-0.39, 0.29) is 24.3 Å². The number of halogens is 1. The van der Waals surface area contributed by atoms with Gasteiger partial charge in [0.15, 0.2) is 0 Å². The first kappa shape index (κ1) is 25.7. The van der Waals surface area contributed by atoms with E-state index in [1.54, 1.807) is 41.3 Å². The molecular weight excluding hydrogens is 494 g/mol. The van der Waals surface area contributed by atoms with E-state index in [4.69, 9.17) is 21.4 Å². The molecule has 3 aliphatic rings. The third-order valence-corrected chi connectivity index (χ3v) is 8.16. The Morgan fingerprint density at radius 1 is 1.00 bits per heavy atom. The van der Waals surface area contributed by atoms with Crippen molar-refractivity contribution >= 4 is 40.7 Å². The van der Waals surface area contributed by atoms with E-state index in [1.807, 2.05) is 18.2 Å². The van der Waals surface area contributed by atoms with Gasteiger partial charge in [-0.1, -0.05) is 54.8 Å². The first-order chi connectivity index (χ1) is 18.0. The van der Waals surface area contributed by atoms with Gasteiger partial charge in [0.2, 0.25) is 17.7 Å². The molecule has 2 bridgehead atoms. The lowest BCUT2D eigenvalue weighted by Crippen LogP contribution is -2.53. The number of aliphatic hydroxyl groups excluding tert-OH is 1. The highest BCUT2D eigenvalue weighted by Crippen LogP contribution is 2.58. The molecule has 3 N–H and O–H groups in total. The van der Waals surface area contributed by atoms with Gasteiger partial charge in [-0.2, -0.15) is 0 Å². The van der Waals surface area contributed by atoms with Crippen LogP contribution in [0.15, 0.2) is 54.6 Å². The van der Waals surface area contributed by atoms with Gasteiger partial charge in [-0.05, 0) is 49.9 Å². The van der Waals surface area contributed by atoms with E-state index in [9.17, 15) is 14.4 Å². The molecule has 9 heteroatoms. The molecule has 0 aromatic heterocycles. The Bertz CT molecular complexity index is 1160. The molecule has 1 spiro atoms. The zero-order chi connectivity index (χ0) is 26.0. The van der Waals surface area contributed by atoms with E-state index in [0.717, 1.165) is 12.8 Å². The molecule has 3 saturated heterocycles. The van der Waals surface area contributed by atoms with Crippen molar-refractivity contribution in [2.75, 3.05) is 23.8 Å². The number of rotatable bonds is 10. The third kappa shape index (κ3) is 4.74. The van der Waals surface area contributed by atoms with Crippen molar-refractivity contribution in [2.24, 2.45) is 11.8 Å². The minimum Gasteiger partial charge on any atom is -0.396 e. The van der Waals surface area contributed by atoms with Gasteiger partial charge >= 0.3 is 0 Å². The lowest BCUT2D eigenvalue weighted by atomic mass is 9.70. The first-order valence-corrected chi connectivity index (χ1v) is 13.3. The van der Waals surface area contributed by atoms with Crippen LogP contribution in [0.1, 0.15) is 38.5 Å². The topological polar surface area (TPSA) is 108 Å². The van der Waals surface area contributed by atoms with Crippen molar-refractivity contribution in [2.45, 2.75) is 56.3 Å². The number of likely N-dealkylation sites (tertiary alicyclic amines) is 1. The Labute approximate surface area is 221 Å². The second-order valence-corrected chi connectivity index (χ2v) is 10.5. The second-order valence-electron chi connectivity index (χ2n) is 10.0. The average molecular weight is 526 g/mol. The number of hydrogen-bond acceptors (Lipinski definition) is 5. The molecule has 196 valence electrons. The van der Waals surface area contributed by atoms with Gasteiger partial charge in [-0.25, -0.2) is 0 Å². The van der Waals surface area contributed by atoms with Crippen LogP contribution in [0.5, 0.6) is 0 Å². The fourth-order valence-electron chi connectivity index (χ4n) is 6.25. The number of nitrogens with zero attached hydrogens (tertiary/aromatic N) is 1. The van der Waals surface area contributed by atoms with Gasteiger partial charge in [0.25, 0.3) is 0 Å². The molecular formula is C28H32ClN3O5. The molecule has 37 heavy (non-hydrogen) atoms. The van der Waals surface area contributed by atoms with Gasteiger partial charge in [-0.15, -0.1) is 0 Å². The van der Waals surface area contributed by atoms with Crippen LogP contribution in [0.25, 0.3) is 0 Å².